The maximum absolute atomic E-state index is 11.0. The number of aromatic carboxylic acids is 1. The topological polar surface area (TPSA) is 49.8 Å². The van der Waals surface area contributed by atoms with Gasteiger partial charge in [0.05, 0.1) is 17.9 Å². The van der Waals surface area contributed by atoms with Gasteiger partial charge in [0.25, 0.3) is 0 Å². The fourth-order valence-electron chi connectivity index (χ4n) is 2.13. The number of carboxylic acid groups (broad SMARTS) is 1. The molecule has 0 radical (unpaired) electrons. The predicted octanol–water partition coefficient (Wildman–Crippen LogP) is 2.38. The molecule has 17 heavy (non-hydrogen) atoms. The summed E-state index contributed by atoms with van der Waals surface area (Å²) in [5.74, 6) is -0.118. The summed E-state index contributed by atoms with van der Waals surface area (Å²) >= 11 is 0. The highest BCUT2D eigenvalue weighted by atomic mass is 16.5. The van der Waals surface area contributed by atoms with Gasteiger partial charge in [0.15, 0.2) is 0 Å². The van der Waals surface area contributed by atoms with Crippen molar-refractivity contribution in [3.63, 3.8) is 0 Å². The number of benzene rings is 1. The minimum absolute atomic E-state index is 0.315. The lowest BCUT2D eigenvalue weighted by Crippen LogP contribution is -2.19. The number of hydrogen-bond acceptors (Lipinski definition) is 3. The van der Waals surface area contributed by atoms with Gasteiger partial charge in [-0.05, 0) is 38.0 Å². The van der Waals surface area contributed by atoms with E-state index in [9.17, 15) is 4.79 Å². The molecule has 4 nitrogen and oxygen atoms in total. The van der Waals surface area contributed by atoms with Gasteiger partial charge in [-0.2, -0.15) is 0 Å². The highest BCUT2D eigenvalue weighted by molar-refractivity contribution is 5.89. The molecule has 1 N–H and O–H groups in total. The van der Waals surface area contributed by atoms with Crippen molar-refractivity contribution < 1.29 is 14.6 Å². The first-order chi connectivity index (χ1) is 8.22. The van der Waals surface area contributed by atoms with Crippen molar-refractivity contribution in [1.82, 2.24) is 0 Å². The van der Waals surface area contributed by atoms with Gasteiger partial charge in [-0.25, -0.2) is 4.79 Å². The maximum atomic E-state index is 11.0. The Bertz CT molecular complexity index is 411. The summed E-state index contributed by atoms with van der Waals surface area (Å²) in [5, 5.41) is 9.01. The smallest absolute Gasteiger partial charge is 0.335 e. The molecule has 1 aromatic carbocycles. The Labute approximate surface area is 101 Å². The first kappa shape index (κ1) is 11.8. The molecule has 0 aromatic heterocycles. The van der Waals surface area contributed by atoms with Gasteiger partial charge in [0.2, 0.25) is 0 Å². The number of rotatable bonds is 4. The van der Waals surface area contributed by atoms with Crippen molar-refractivity contribution in [3.8, 4) is 5.75 Å². The molecule has 1 aromatic rings. The van der Waals surface area contributed by atoms with Gasteiger partial charge < -0.3 is 14.7 Å². The SMILES string of the molecule is CCOc1ccc(C(=O)O)cc1N1CCCC1. The number of nitrogens with zero attached hydrogens (tertiary/aromatic N) is 1. The molecule has 4 heteroatoms. The molecular weight excluding hydrogens is 218 g/mol. The van der Waals surface area contributed by atoms with Gasteiger partial charge in [0, 0.05) is 13.1 Å². The van der Waals surface area contributed by atoms with Crippen LogP contribution in [0.4, 0.5) is 5.69 Å². The molecular formula is C13H17NO3. The number of carbonyl (C=O) groups is 1. The van der Waals surface area contributed by atoms with E-state index in [4.69, 9.17) is 9.84 Å². The fraction of sp³-hybridized carbons (Fsp3) is 0.462. The van der Waals surface area contributed by atoms with Gasteiger partial charge in [0.1, 0.15) is 5.75 Å². The van der Waals surface area contributed by atoms with Crippen LogP contribution in [0.15, 0.2) is 18.2 Å². The van der Waals surface area contributed by atoms with Crippen LogP contribution in [0.3, 0.4) is 0 Å². The Morgan fingerprint density at radius 2 is 2.12 bits per heavy atom. The lowest BCUT2D eigenvalue weighted by molar-refractivity contribution is 0.0697. The van der Waals surface area contributed by atoms with E-state index in [-0.39, 0.29) is 0 Å². The summed E-state index contributed by atoms with van der Waals surface area (Å²) in [6, 6.07) is 5.05. The second kappa shape index (κ2) is 5.08. The minimum atomic E-state index is -0.895. The lowest BCUT2D eigenvalue weighted by Gasteiger charge is -2.21. The number of anilines is 1. The van der Waals surface area contributed by atoms with E-state index >= 15 is 0 Å². The van der Waals surface area contributed by atoms with Crippen LogP contribution in [0.25, 0.3) is 0 Å². The minimum Gasteiger partial charge on any atom is -0.492 e. The third kappa shape index (κ3) is 2.52. The molecule has 0 atom stereocenters. The van der Waals surface area contributed by atoms with Crippen LogP contribution in [-0.4, -0.2) is 30.8 Å². The molecule has 0 bridgehead atoms. The van der Waals surface area contributed by atoms with E-state index in [0.717, 1.165) is 37.4 Å². The van der Waals surface area contributed by atoms with Crippen molar-refractivity contribution in [2.75, 3.05) is 24.6 Å². The van der Waals surface area contributed by atoms with Crippen LogP contribution in [0, 0.1) is 0 Å². The Kier molecular flexibility index (Phi) is 3.52. The molecule has 0 unspecified atom stereocenters. The van der Waals surface area contributed by atoms with Gasteiger partial charge in [-0.15, -0.1) is 0 Å². The number of hydrogen-bond donors (Lipinski definition) is 1. The van der Waals surface area contributed by atoms with Crippen LogP contribution in [0.2, 0.25) is 0 Å². The molecule has 1 aliphatic heterocycles. The third-order valence-corrected chi connectivity index (χ3v) is 2.95. The Balaban J connectivity index is 2.35. The summed E-state index contributed by atoms with van der Waals surface area (Å²) in [6.07, 6.45) is 2.31. The number of carboxylic acids is 1. The van der Waals surface area contributed by atoms with E-state index in [1.54, 1.807) is 18.2 Å². The number of ether oxygens (including phenoxy) is 1. The van der Waals surface area contributed by atoms with E-state index in [0.29, 0.717) is 12.2 Å². The Morgan fingerprint density at radius 3 is 2.71 bits per heavy atom. The second-order valence-electron chi connectivity index (χ2n) is 4.11. The molecule has 2 rings (SSSR count). The zero-order valence-electron chi connectivity index (χ0n) is 9.98. The highest BCUT2D eigenvalue weighted by Gasteiger charge is 2.18. The van der Waals surface area contributed by atoms with Crippen molar-refractivity contribution in [1.29, 1.82) is 0 Å². The zero-order chi connectivity index (χ0) is 12.3. The van der Waals surface area contributed by atoms with Gasteiger partial charge >= 0.3 is 5.97 Å². The molecule has 92 valence electrons. The molecule has 0 amide bonds. The van der Waals surface area contributed by atoms with E-state index < -0.39 is 5.97 Å². The van der Waals surface area contributed by atoms with Crippen molar-refractivity contribution in [2.45, 2.75) is 19.8 Å². The average molecular weight is 235 g/mol. The maximum Gasteiger partial charge on any atom is 0.335 e. The predicted molar refractivity (Wildman–Crippen MR) is 66.0 cm³/mol. The lowest BCUT2D eigenvalue weighted by atomic mass is 10.1. The van der Waals surface area contributed by atoms with Crippen LogP contribution < -0.4 is 9.64 Å². The molecule has 1 saturated heterocycles. The first-order valence-electron chi connectivity index (χ1n) is 5.97. The summed E-state index contributed by atoms with van der Waals surface area (Å²) in [7, 11) is 0. The molecule has 0 spiro atoms. The van der Waals surface area contributed by atoms with Crippen LogP contribution >= 0.6 is 0 Å². The van der Waals surface area contributed by atoms with E-state index in [1.165, 1.54) is 0 Å². The standard InChI is InChI=1S/C13H17NO3/c1-2-17-12-6-5-10(13(15)16)9-11(12)14-7-3-4-8-14/h5-6,9H,2-4,7-8H2,1H3,(H,15,16). The first-order valence-corrected chi connectivity index (χ1v) is 5.97. The van der Waals surface area contributed by atoms with Crippen molar-refractivity contribution in [2.24, 2.45) is 0 Å². The van der Waals surface area contributed by atoms with Crippen LogP contribution in [0.5, 0.6) is 5.75 Å². The third-order valence-electron chi connectivity index (χ3n) is 2.95. The Morgan fingerprint density at radius 1 is 1.41 bits per heavy atom. The molecule has 0 aliphatic carbocycles. The average Bonchev–Trinajstić information content (AvgIpc) is 2.83. The zero-order valence-corrected chi connectivity index (χ0v) is 9.98. The quantitative estimate of drug-likeness (QED) is 0.870. The van der Waals surface area contributed by atoms with Gasteiger partial charge in [-0.3, -0.25) is 0 Å². The van der Waals surface area contributed by atoms with Crippen LogP contribution in [-0.2, 0) is 0 Å². The second-order valence-corrected chi connectivity index (χ2v) is 4.11. The fourth-order valence-corrected chi connectivity index (χ4v) is 2.13. The van der Waals surface area contributed by atoms with Crippen molar-refractivity contribution in [3.05, 3.63) is 23.8 Å². The molecule has 0 saturated carbocycles. The summed E-state index contributed by atoms with van der Waals surface area (Å²) < 4.78 is 5.55. The molecule has 1 fully saturated rings. The largest absolute Gasteiger partial charge is 0.492 e. The van der Waals surface area contributed by atoms with Gasteiger partial charge in [-0.1, -0.05) is 0 Å². The highest BCUT2D eigenvalue weighted by Crippen LogP contribution is 2.32. The van der Waals surface area contributed by atoms with E-state index in [1.807, 2.05) is 6.92 Å². The van der Waals surface area contributed by atoms with Crippen molar-refractivity contribution >= 4 is 11.7 Å². The monoisotopic (exact) mass is 235 g/mol. The summed E-state index contributed by atoms with van der Waals surface area (Å²) in [6.45, 7) is 4.47. The summed E-state index contributed by atoms with van der Waals surface area (Å²) in [4.78, 5) is 13.2. The molecule has 1 heterocycles. The van der Waals surface area contributed by atoms with Crippen LogP contribution in [0.1, 0.15) is 30.1 Å². The normalized spacial score (nSPS) is 15.0. The summed E-state index contributed by atoms with van der Waals surface area (Å²) in [5.41, 5.74) is 1.22. The Hall–Kier alpha value is -1.71. The van der Waals surface area contributed by atoms with E-state index in [2.05, 4.69) is 4.90 Å². The molecule has 1 aliphatic rings.